The number of carboxylic acids is 1. The molecule has 0 aromatic carbocycles. The Morgan fingerprint density at radius 2 is 2.38 bits per heavy atom. The van der Waals surface area contributed by atoms with Gasteiger partial charge in [0.2, 0.25) is 0 Å². The molecule has 0 saturated carbocycles. The summed E-state index contributed by atoms with van der Waals surface area (Å²) >= 11 is 1.40. The molecular weight excluding hydrogens is 186 g/mol. The molecular formula is C9H15NO2S. The summed E-state index contributed by atoms with van der Waals surface area (Å²) in [5, 5.41) is 11.1. The summed E-state index contributed by atoms with van der Waals surface area (Å²) < 4.78 is 1.93. The molecule has 0 aromatic heterocycles. The fraction of sp³-hybridized carbons (Fsp3) is 0.778. The van der Waals surface area contributed by atoms with Gasteiger partial charge in [-0.25, -0.2) is 4.58 Å². The summed E-state index contributed by atoms with van der Waals surface area (Å²) in [5.41, 5.74) is 0. The van der Waals surface area contributed by atoms with Gasteiger partial charge in [0.05, 0.1) is 5.75 Å². The number of carbonyl (C=O) groups is 1. The van der Waals surface area contributed by atoms with Crippen LogP contribution >= 0.6 is 11.8 Å². The monoisotopic (exact) mass is 201 g/mol. The van der Waals surface area contributed by atoms with Gasteiger partial charge in [0.25, 0.3) is 5.04 Å². The van der Waals surface area contributed by atoms with E-state index in [-0.39, 0.29) is 0 Å². The summed E-state index contributed by atoms with van der Waals surface area (Å²) in [6.07, 6.45) is 3.41. The van der Waals surface area contributed by atoms with E-state index in [9.17, 15) is 9.90 Å². The molecule has 0 saturated heterocycles. The number of carbonyl (C=O) groups excluding carboxylic acids is 1. The normalized spacial score (nSPS) is 16.7. The second-order valence-corrected chi connectivity index (χ2v) is 4.22. The van der Waals surface area contributed by atoms with E-state index in [1.165, 1.54) is 24.6 Å². The molecule has 3 nitrogen and oxygen atoms in total. The maximum atomic E-state index is 10.6. The highest BCUT2D eigenvalue weighted by Crippen LogP contribution is 2.11. The van der Waals surface area contributed by atoms with Crippen molar-refractivity contribution in [1.29, 1.82) is 0 Å². The predicted molar refractivity (Wildman–Crippen MR) is 52.0 cm³/mol. The van der Waals surface area contributed by atoms with Gasteiger partial charge in [0, 0.05) is 6.42 Å². The smallest absolute Gasteiger partial charge is 0.258 e. The van der Waals surface area contributed by atoms with Crippen LogP contribution in [0.5, 0.6) is 0 Å². The molecule has 0 aromatic rings. The van der Waals surface area contributed by atoms with Gasteiger partial charge >= 0.3 is 0 Å². The van der Waals surface area contributed by atoms with Gasteiger partial charge in [0.1, 0.15) is 12.5 Å². The summed E-state index contributed by atoms with van der Waals surface area (Å²) in [6.45, 7) is 3.87. The Morgan fingerprint density at radius 3 is 3.00 bits per heavy atom. The molecule has 74 valence electrons. The number of rotatable bonds is 5. The SMILES string of the molecule is CCCCC[N+]1=C(C(=O)[O-])SCC1. The van der Waals surface area contributed by atoms with Crippen molar-refractivity contribution in [2.45, 2.75) is 26.2 Å². The fourth-order valence-corrected chi connectivity index (χ4v) is 2.39. The molecule has 0 fully saturated rings. The maximum Gasteiger partial charge on any atom is 0.258 e. The number of aliphatic carboxylic acids is 1. The van der Waals surface area contributed by atoms with E-state index in [4.69, 9.17) is 0 Å². The zero-order valence-corrected chi connectivity index (χ0v) is 8.73. The van der Waals surface area contributed by atoms with Crippen LogP contribution < -0.4 is 5.11 Å². The number of hydrogen-bond donors (Lipinski definition) is 0. The van der Waals surface area contributed by atoms with Crippen LogP contribution in [0.25, 0.3) is 0 Å². The van der Waals surface area contributed by atoms with E-state index in [0.717, 1.165) is 25.3 Å². The lowest BCUT2D eigenvalue weighted by Gasteiger charge is -2.01. The van der Waals surface area contributed by atoms with Crippen molar-refractivity contribution in [3.05, 3.63) is 0 Å². The number of unbranched alkanes of at least 4 members (excludes halogenated alkanes) is 2. The van der Waals surface area contributed by atoms with Crippen molar-refractivity contribution >= 4 is 22.8 Å². The Kier molecular flexibility index (Phi) is 4.28. The second-order valence-electron chi connectivity index (χ2n) is 3.14. The Hall–Kier alpha value is -0.510. The molecule has 13 heavy (non-hydrogen) atoms. The van der Waals surface area contributed by atoms with Gasteiger partial charge < -0.3 is 9.90 Å². The van der Waals surface area contributed by atoms with Gasteiger partial charge in [-0.05, 0) is 18.2 Å². The van der Waals surface area contributed by atoms with E-state index >= 15 is 0 Å². The summed E-state index contributed by atoms with van der Waals surface area (Å²) in [6, 6.07) is 0. The van der Waals surface area contributed by atoms with Crippen molar-refractivity contribution in [3.8, 4) is 0 Å². The first-order chi connectivity index (χ1) is 6.25. The van der Waals surface area contributed by atoms with Gasteiger partial charge in [-0.2, -0.15) is 0 Å². The number of hydrogen-bond acceptors (Lipinski definition) is 3. The zero-order chi connectivity index (χ0) is 9.68. The van der Waals surface area contributed by atoms with Crippen LogP contribution in [0, 0.1) is 0 Å². The molecule has 4 heteroatoms. The van der Waals surface area contributed by atoms with Gasteiger partial charge in [-0.1, -0.05) is 13.3 Å². The molecule has 1 aliphatic rings. The minimum Gasteiger partial charge on any atom is -0.539 e. The number of nitrogens with zero attached hydrogens (tertiary/aromatic N) is 1. The molecule has 1 heterocycles. The van der Waals surface area contributed by atoms with Crippen molar-refractivity contribution in [2.75, 3.05) is 18.8 Å². The molecule has 0 atom stereocenters. The Labute approximate surface area is 82.8 Å². The highest BCUT2D eigenvalue weighted by molar-refractivity contribution is 8.15. The maximum absolute atomic E-state index is 10.6. The minimum absolute atomic E-state index is 0.427. The molecule has 0 bridgehead atoms. The standard InChI is InChI=1S/C9H15NO2S/c1-2-3-4-5-10-6-7-13-8(10)9(11)12/h2-7H2,1H3. The average molecular weight is 201 g/mol. The van der Waals surface area contributed by atoms with Gasteiger partial charge in [-0.15, -0.1) is 0 Å². The van der Waals surface area contributed by atoms with Crippen molar-refractivity contribution in [1.82, 2.24) is 0 Å². The van der Waals surface area contributed by atoms with Crippen LogP contribution in [0.2, 0.25) is 0 Å². The molecule has 0 N–H and O–H groups in total. The Bertz CT molecular complexity index is 226. The van der Waals surface area contributed by atoms with Gasteiger partial charge in [0.15, 0.2) is 6.54 Å². The lowest BCUT2D eigenvalue weighted by Crippen LogP contribution is -2.34. The van der Waals surface area contributed by atoms with E-state index in [1.807, 2.05) is 4.58 Å². The number of thioether (sulfide) groups is 1. The summed E-state index contributed by atoms with van der Waals surface area (Å²) in [7, 11) is 0. The second kappa shape index (κ2) is 5.27. The first kappa shape index (κ1) is 10.6. The fourth-order valence-electron chi connectivity index (χ4n) is 1.40. The van der Waals surface area contributed by atoms with Crippen molar-refractivity contribution in [3.63, 3.8) is 0 Å². The van der Waals surface area contributed by atoms with Crippen LogP contribution in [0.15, 0.2) is 0 Å². The predicted octanol–water partition coefficient (Wildman–Crippen LogP) is 0.0843. The Morgan fingerprint density at radius 1 is 1.62 bits per heavy atom. The van der Waals surface area contributed by atoms with Gasteiger partial charge in [-0.3, -0.25) is 0 Å². The van der Waals surface area contributed by atoms with Crippen LogP contribution in [-0.2, 0) is 4.79 Å². The molecule has 0 unspecified atom stereocenters. The lowest BCUT2D eigenvalue weighted by molar-refractivity contribution is -0.519. The molecule has 0 spiro atoms. The quantitative estimate of drug-likeness (QED) is 0.467. The molecule has 1 rings (SSSR count). The van der Waals surface area contributed by atoms with Crippen LogP contribution in [0.1, 0.15) is 26.2 Å². The lowest BCUT2D eigenvalue weighted by atomic mass is 10.2. The summed E-state index contributed by atoms with van der Waals surface area (Å²) in [5.74, 6) is -0.130. The van der Waals surface area contributed by atoms with E-state index < -0.39 is 5.97 Å². The third kappa shape index (κ3) is 3.03. The highest BCUT2D eigenvalue weighted by atomic mass is 32.2. The first-order valence-corrected chi connectivity index (χ1v) is 5.70. The molecule has 0 radical (unpaired) electrons. The molecule has 1 aliphatic heterocycles. The minimum atomic E-state index is -1.01. The van der Waals surface area contributed by atoms with Crippen LogP contribution in [0.3, 0.4) is 0 Å². The zero-order valence-electron chi connectivity index (χ0n) is 7.91. The third-order valence-corrected chi connectivity index (χ3v) is 3.18. The third-order valence-electron chi connectivity index (χ3n) is 2.09. The average Bonchev–Trinajstić information content (AvgIpc) is 2.53. The van der Waals surface area contributed by atoms with Crippen molar-refractivity contribution in [2.24, 2.45) is 0 Å². The molecule has 0 amide bonds. The topological polar surface area (TPSA) is 43.1 Å². The summed E-state index contributed by atoms with van der Waals surface area (Å²) in [4.78, 5) is 10.6. The van der Waals surface area contributed by atoms with Crippen LogP contribution in [0.4, 0.5) is 0 Å². The van der Waals surface area contributed by atoms with Crippen LogP contribution in [-0.4, -0.2) is 34.4 Å². The van der Waals surface area contributed by atoms with E-state index in [0.29, 0.717) is 5.04 Å². The van der Waals surface area contributed by atoms with E-state index in [2.05, 4.69) is 6.92 Å². The first-order valence-electron chi connectivity index (χ1n) is 4.71. The Balaban J connectivity index is 2.45. The number of carboxylic acid groups (broad SMARTS) is 1. The molecule has 0 aliphatic carbocycles. The van der Waals surface area contributed by atoms with Crippen molar-refractivity contribution < 1.29 is 14.5 Å². The highest BCUT2D eigenvalue weighted by Gasteiger charge is 2.23. The van der Waals surface area contributed by atoms with E-state index in [1.54, 1.807) is 0 Å². The largest absolute Gasteiger partial charge is 0.539 e.